The number of aryl methyl sites for hydroxylation is 1. The molecule has 22 heavy (non-hydrogen) atoms. The molecule has 2 aromatic rings. The SMILES string of the molecule is Cc1cccc(N2C(=O)N[C@H]3C[C@]2(C)Oc2ccccc23)c1. The number of para-hydroxylation sites is 1. The van der Waals surface area contributed by atoms with E-state index in [-0.39, 0.29) is 12.1 Å². The Morgan fingerprint density at radius 1 is 1.23 bits per heavy atom. The molecule has 4 heteroatoms. The highest BCUT2D eigenvalue weighted by Crippen LogP contribution is 2.45. The third-order valence-electron chi connectivity index (χ3n) is 4.44. The highest BCUT2D eigenvalue weighted by atomic mass is 16.5. The van der Waals surface area contributed by atoms with Crippen molar-refractivity contribution in [2.24, 2.45) is 0 Å². The average Bonchev–Trinajstić information content (AvgIpc) is 2.46. The van der Waals surface area contributed by atoms with Gasteiger partial charge in [0.2, 0.25) is 0 Å². The van der Waals surface area contributed by atoms with Crippen molar-refractivity contribution in [3.8, 4) is 5.75 Å². The van der Waals surface area contributed by atoms with E-state index >= 15 is 0 Å². The summed E-state index contributed by atoms with van der Waals surface area (Å²) in [6.45, 7) is 4.00. The standard InChI is InChI=1S/C18H18N2O2/c1-12-6-5-7-13(10-12)20-17(21)19-15-11-18(20,2)22-16-9-4-3-8-14(15)16/h3-10,15H,11H2,1-2H3,(H,19,21)/t15-,18-/m0/s1. The zero-order valence-electron chi connectivity index (χ0n) is 12.7. The molecule has 2 heterocycles. The molecule has 112 valence electrons. The van der Waals surface area contributed by atoms with Crippen molar-refractivity contribution < 1.29 is 9.53 Å². The van der Waals surface area contributed by atoms with Gasteiger partial charge < -0.3 is 10.1 Å². The van der Waals surface area contributed by atoms with Crippen LogP contribution < -0.4 is 15.0 Å². The van der Waals surface area contributed by atoms with E-state index in [1.807, 2.05) is 62.4 Å². The van der Waals surface area contributed by atoms with Gasteiger partial charge in [-0.15, -0.1) is 0 Å². The number of carbonyl (C=O) groups is 1. The van der Waals surface area contributed by atoms with E-state index in [2.05, 4.69) is 5.32 Å². The molecule has 4 nitrogen and oxygen atoms in total. The predicted octanol–water partition coefficient (Wildman–Crippen LogP) is 3.76. The number of hydrogen-bond acceptors (Lipinski definition) is 2. The van der Waals surface area contributed by atoms with E-state index in [9.17, 15) is 4.79 Å². The maximum Gasteiger partial charge on any atom is 0.325 e. The van der Waals surface area contributed by atoms with Crippen molar-refractivity contribution in [2.75, 3.05) is 4.90 Å². The van der Waals surface area contributed by atoms with E-state index in [1.165, 1.54) is 0 Å². The fourth-order valence-electron chi connectivity index (χ4n) is 3.48. The topological polar surface area (TPSA) is 41.6 Å². The molecule has 0 unspecified atom stereocenters. The summed E-state index contributed by atoms with van der Waals surface area (Å²) in [6, 6.07) is 15.7. The third-order valence-corrected chi connectivity index (χ3v) is 4.44. The number of fused-ring (bicyclic) bond motifs is 4. The lowest BCUT2D eigenvalue weighted by atomic mass is 9.90. The molecule has 2 aliphatic rings. The van der Waals surface area contributed by atoms with Gasteiger partial charge in [-0.3, -0.25) is 4.90 Å². The molecule has 2 atom stereocenters. The summed E-state index contributed by atoms with van der Waals surface area (Å²) in [7, 11) is 0. The third kappa shape index (κ3) is 1.87. The molecule has 2 amide bonds. The molecule has 1 saturated heterocycles. The number of nitrogens with zero attached hydrogens (tertiary/aromatic N) is 1. The fraction of sp³-hybridized carbons (Fsp3) is 0.278. The van der Waals surface area contributed by atoms with Crippen LogP contribution in [0.25, 0.3) is 0 Å². The summed E-state index contributed by atoms with van der Waals surface area (Å²) in [5, 5.41) is 3.10. The molecular formula is C18H18N2O2. The molecular weight excluding hydrogens is 276 g/mol. The first-order valence-electron chi connectivity index (χ1n) is 7.52. The van der Waals surface area contributed by atoms with Gasteiger partial charge in [0.1, 0.15) is 5.75 Å². The molecule has 2 bridgehead atoms. The summed E-state index contributed by atoms with van der Waals surface area (Å²) in [5.74, 6) is 0.846. The second-order valence-electron chi connectivity index (χ2n) is 6.20. The van der Waals surface area contributed by atoms with Gasteiger partial charge in [0.15, 0.2) is 5.72 Å². The largest absolute Gasteiger partial charge is 0.467 e. The van der Waals surface area contributed by atoms with Crippen LogP contribution >= 0.6 is 0 Å². The minimum atomic E-state index is -0.671. The van der Waals surface area contributed by atoms with E-state index in [4.69, 9.17) is 4.74 Å². The van der Waals surface area contributed by atoms with E-state index in [0.29, 0.717) is 0 Å². The number of nitrogens with one attached hydrogen (secondary N) is 1. The van der Waals surface area contributed by atoms with Crippen LogP contribution in [0.5, 0.6) is 5.75 Å². The molecule has 2 aliphatic heterocycles. The Kier molecular flexibility index (Phi) is 2.70. The molecule has 0 spiro atoms. The monoisotopic (exact) mass is 294 g/mol. The van der Waals surface area contributed by atoms with E-state index < -0.39 is 5.72 Å². The quantitative estimate of drug-likeness (QED) is 0.870. The van der Waals surface area contributed by atoms with Gasteiger partial charge >= 0.3 is 6.03 Å². The molecule has 0 aromatic heterocycles. The Balaban J connectivity index is 1.82. The van der Waals surface area contributed by atoms with Crippen molar-refractivity contribution in [3.05, 3.63) is 59.7 Å². The van der Waals surface area contributed by atoms with Crippen LogP contribution in [-0.2, 0) is 0 Å². The first-order chi connectivity index (χ1) is 10.6. The smallest absolute Gasteiger partial charge is 0.325 e. The molecule has 0 aliphatic carbocycles. The highest BCUT2D eigenvalue weighted by Gasteiger charge is 2.49. The number of ether oxygens (including phenoxy) is 1. The van der Waals surface area contributed by atoms with Gasteiger partial charge in [-0.25, -0.2) is 4.79 Å². The summed E-state index contributed by atoms with van der Waals surface area (Å²) in [4.78, 5) is 14.4. The molecule has 2 aromatic carbocycles. The fourth-order valence-corrected chi connectivity index (χ4v) is 3.48. The van der Waals surface area contributed by atoms with Crippen LogP contribution in [0.1, 0.15) is 30.5 Å². The number of hydrogen-bond donors (Lipinski definition) is 1. The summed E-state index contributed by atoms with van der Waals surface area (Å²) in [6.07, 6.45) is 0.726. The Bertz CT molecular complexity index is 758. The van der Waals surface area contributed by atoms with Crippen LogP contribution in [-0.4, -0.2) is 11.8 Å². The zero-order chi connectivity index (χ0) is 15.3. The number of rotatable bonds is 1. The van der Waals surface area contributed by atoms with Gasteiger partial charge in [0.05, 0.1) is 6.04 Å². The van der Waals surface area contributed by atoms with Crippen molar-refractivity contribution >= 4 is 11.7 Å². The molecule has 1 N–H and O–H groups in total. The van der Waals surface area contributed by atoms with Crippen LogP contribution in [0.15, 0.2) is 48.5 Å². The number of urea groups is 1. The first kappa shape index (κ1) is 13.2. The van der Waals surface area contributed by atoms with Crippen LogP contribution in [0.4, 0.5) is 10.5 Å². The zero-order valence-corrected chi connectivity index (χ0v) is 12.7. The van der Waals surface area contributed by atoms with Crippen molar-refractivity contribution in [2.45, 2.75) is 32.0 Å². The number of anilines is 1. The van der Waals surface area contributed by atoms with E-state index in [1.54, 1.807) is 4.90 Å². The maximum atomic E-state index is 12.7. The Morgan fingerprint density at radius 2 is 2.05 bits per heavy atom. The van der Waals surface area contributed by atoms with Gasteiger partial charge in [0, 0.05) is 17.7 Å². The minimum Gasteiger partial charge on any atom is -0.467 e. The van der Waals surface area contributed by atoms with Crippen molar-refractivity contribution in [1.82, 2.24) is 5.32 Å². The Hall–Kier alpha value is -2.49. The number of amides is 2. The lowest BCUT2D eigenvalue weighted by molar-refractivity contribution is 0.0379. The molecule has 4 rings (SSSR count). The minimum absolute atomic E-state index is 0.00325. The van der Waals surface area contributed by atoms with Crippen LogP contribution in [0, 0.1) is 6.92 Å². The van der Waals surface area contributed by atoms with Gasteiger partial charge in [-0.05, 0) is 37.6 Å². The Morgan fingerprint density at radius 3 is 2.86 bits per heavy atom. The van der Waals surface area contributed by atoms with Crippen molar-refractivity contribution in [1.29, 1.82) is 0 Å². The maximum absolute atomic E-state index is 12.7. The van der Waals surface area contributed by atoms with Crippen LogP contribution in [0.3, 0.4) is 0 Å². The molecule has 0 radical (unpaired) electrons. The normalized spacial score (nSPS) is 26.0. The number of carbonyl (C=O) groups excluding carboxylic acids is 1. The molecule has 1 fully saturated rings. The lowest BCUT2D eigenvalue weighted by Crippen LogP contribution is -2.65. The first-order valence-corrected chi connectivity index (χ1v) is 7.52. The number of benzene rings is 2. The molecule has 0 saturated carbocycles. The predicted molar refractivity (Wildman–Crippen MR) is 85.0 cm³/mol. The second kappa shape index (κ2) is 4.50. The summed E-state index contributed by atoms with van der Waals surface area (Å²) < 4.78 is 6.23. The lowest BCUT2D eigenvalue weighted by Gasteiger charge is -2.50. The highest BCUT2D eigenvalue weighted by molar-refractivity contribution is 5.95. The van der Waals surface area contributed by atoms with Gasteiger partial charge in [-0.2, -0.15) is 0 Å². The van der Waals surface area contributed by atoms with Crippen LogP contribution in [0.2, 0.25) is 0 Å². The van der Waals surface area contributed by atoms with E-state index in [0.717, 1.165) is 29.0 Å². The second-order valence-corrected chi connectivity index (χ2v) is 6.20. The summed E-state index contributed by atoms with van der Waals surface area (Å²) >= 11 is 0. The van der Waals surface area contributed by atoms with Gasteiger partial charge in [0.25, 0.3) is 0 Å². The van der Waals surface area contributed by atoms with Gasteiger partial charge in [-0.1, -0.05) is 30.3 Å². The Labute approximate surface area is 129 Å². The average molecular weight is 294 g/mol. The summed E-state index contributed by atoms with van der Waals surface area (Å²) in [5.41, 5.74) is 2.36. The van der Waals surface area contributed by atoms with Crippen molar-refractivity contribution in [3.63, 3.8) is 0 Å².